The SMILES string of the molecule is C[C@@H](CN(O)C(N)=O)NC(=O)OC(C)(C)C. The van der Waals surface area contributed by atoms with Gasteiger partial charge in [0.1, 0.15) is 5.60 Å². The molecule has 0 aliphatic carbocycles. The smallest absolute Gasteiger partial charge is 0.407 e. The summed E-state index contributed by atoms with van der Waals surface area (Å²) < 4.78 is 4.98. The van der Waals surface area contributed by atoms with Gasteiger partial charge >= 0.3 is 12.1 Å². The number of nitrogens with one attached hydrogen (secondary N) is 1. The Balaban J connectivity index is 4.01. The van der Waals surface area contributed by atoms with Gasteiger partial charge in [0.05, 0.1) is 6.54 Å². The van der Waals surface area contributed by atoms with Crippen LogP contribution >= 0.6 is 0 Å². The quantitative estimate of drug-likeness (QED) is 0.492. The number of hydrogen-bond acceptors (Lipinski definition) is 4. The topological polar surface area (TPSA) is 105 Å². The van der Waals surface area contributed by atoms with Gasteiger partial charge in [0.25, 0.3) is 0 Å². The monoisotopic (exact) mass is 233 g/mol. The van der Waals surface area contributed by atoms with Gasteiger partial charge in [0, 0.05) is 6.04 Å². The molecule has 0 bridgehead atoms. The highest BCUT2D eigenvalue weighted by molar-refractivity contribution is 5.71. The van der Waals surface area contributed by atoms with Crippen LogP contribution in [0.4, 0.5) is 9.59 Å². The fraction of sp³-hybridized carbons (Fsp3) is 0.778. The third kappa shape index (κ3) is 6.88. The lowest BCUT2D eigenvalue weighted by Gasteiger charge is -2.23. The maximum atomic E-state index is 11.3. The van der Waals surface area contributed by atoms with Crippen LogP contribution in [-0.4, -0.2) is 40.6 Å². The minimum absolute atomic E-state index is 0.103. The van der Waals surface area contributed by atoms with E-state index in [1.807, 2.05) is 0 Å². The zero-order chi connectivity index (χ0) is 12.9. The van der Waals surface area contributed by atoms with E-state index in [-0.39, 0.29) is 6.54 Å². The number of carbonyl (C=O) groups is 2. The first kappa shape index (κ1) is 14.5. The molecule has 0 rings (SSSR count). The number of rotatable bonds is 3. The maximum Gasteiger partial charge on any atom is 0.407 e. The minimum Gasteiger partial charge on any atom is -0.444 e. The normalized spacial score (nSPS) is 12.8. The lowest BCUT2D eigenvalue weighted by molar-refractivity contribution is -0.0450. The number of primary amides is 1. The molecule has 0 saturated heterocycles. The van der Waals surface area contributed by atoms with Crippen molar-refractivity contribution < 1.29 is 19.5 Å². The first-order valence-corrected chi connectivity index (χ1v) is 4.87. The molecule has 0 heterocycles. The number of hydrogen-bond donors (Lipinski definition) is 3. The molecule has 0 radical (unpaired) electrons. The summed E-state index contributed by atoms with van der Waals surface area (Å²) in [6.07, 6.45) is -0.613. The van der Waals surface area contributed by atoms with Crippen LogP contribution in [0.2, 0.25) is 0 Å². The fourth-order valence-electron chi connectivity index (χ4n) is 0.904. The molecule has 0 aliphatic heterocycles. The van der Waals surface area contributed by atoms with E-state index in [2.05, 4.69) is 5.32 Å². The lowest BCUT2D eigenvalue weighted by atomic mass is 10.2. The predicted octanol–water partition coefficient (Wildman–Crippen LogP) is 0.669. The summed E-state index contributed by atoms with van der Waals surface area (Å²) in [4.78, 5) is 21.8. The third-order valence-electron chi connectivity index (χ3n) is 1.46. The summed E-state index contributed by atoms with van der Waals surface area (Å²) in [5.41, 5.74) is 4.22. The van der Waals surface area contributed by atoms with Gasteiger partial charge < -0.3 is 15.8 Å². The van der Waals surface area contributed by atoms with Crippen molar-refractivity contribution in [3.8, 4) is 0 Å². The van der Waals surface area contributed by atoms with Gasteiger partial charge in [0.2, 0.25) is 0 Å². The lowest BCUT2D eigenvalue weighted by Crippen LogP contribution is -2.46. The van der Waals surface area contributed by atoms with Crippen molar-refractivity contribution in [1.29, 1.82) is 0 Å². The van der Waals surface area contributed by atoms with E-state index in [1.54, 1.807) is 27.7 Å². The standard InChI is InChI=1S/C9H19N3O4/c1-6(5-12(15)7(10)13)11-8(14)16-9(2,3)4/h6,15H,5H2,1-4H3,(H2,10,13)(H,11,14)/t6-/m0/s1. The number of nitrogens with zero attached hydrogens (tertiary/aromatic N) is 1. The molecule has 0 aliphatic rings. The van der Waals surface area contributed by atoms with Crippen LogP contribution < -0.4 is 11.1 Å². The number of nitrogens with two attached hydrogens (primary N) is 1. The second kappa shape index (κ2) is 5.55. The molecule has 0 aromatic rings. The van der Waals surface area contributed by atoms with Crippen molar-refractivity contribution >= 4 is 12.1 Å². The Hall–Kier alpha value is -1.50. The van der Waals surface area contributed by atoms with E-state index < -0.39 is 23.8 Å². The van der Waals surface area contributed by atoms with E-state index in [1.165, 1.54) is 0 Å². The maximum absolute atomic E-state index is 11.3. The van der Waals surface area contributed by atoms with Crippen LogP contribution in [0.15, 0.2) is 0 Å². The molecular weight excluding hydrogens is 214 g/mol. The van der Waals surface area contributed by atoms with Crippen molar-refractivity contribution in [3.05, 3.63) is 0 Å². The highest BCUT2D eigenvalue weighted by atomic mass is 16.6. The van der Waals surface area contributed by atoms with Crippen LogP contribution in [-0.2, 0) is 4.74 Å². The van der Waals surface area contributed by atoms with Gasteiger partial charge in [-0.2, -0.15) is 0 Å². The molecule has 0 saturated carbocycles. The molecule has 0 unspecified atom stereocenters. The van der Waals surface area contributed by atoms with Crippen molar-refractivity contribution in [2.75, 3.05) is 6.54 Å². The van der Waals surface area contributed by atoms with Gasteiger partial charge in [-0.1, -0.05) is 0 Å². The Morgan fingerprint density at radius 3 is 2.38 bits per heavy atom. The van der Waals surface area contributed by atoms with Crippen molar-refractivity contribution in [2.45, 2.75) is 39.3 Å². The predicted molar refractivity (Wildman–Crippen MR) is 56.9 cm³/mol. The zero-order valence-corrected chi connectivity index (χ0v) is 9.98. The molecule has 1 atom stereocenters. The number of alkyl carbamates (subject to hydrolysis) is 1. The first-order chi connectivity index (χ1) is 7.11. The summed E-state index contributed by atoms with van der Waals surface area (Å²) in [7, 11) is 0. The molecule has 0 aromatic carbocycles. The highest BCUT2D eigenvalue weighted by Crippen LogP contribution is 2.06. The number of urea groups is 1. The molecule has 7 nitrogen and oxygen atoms in total. The molecule has 4 N–H and O–H groups in total. The Morgan fingerprint density at radius 2 is 2.00 bits per heavy atom. The first-order valence-electron chi connectivity index (χ1n) is 4.87. The Kier molecular flexibility index (Phi) is 5.03. The molecule has 94 valence electrons. The Bertz CT molecular complexity index is 262. The number of hydroxylamine groups is 2. The summed E-state index contributed by atoms with van der Waals surface area (Å²) in [6.45, 7) is 6.71. The number of ether oxygens (including phenoxy) is 1. The third-order valence-corrected chi connectivity index (χ3v) is 1.46. The van der Waals surface area contributed by atoms with Crippen LogP contribution in [0.3, 0.4) is 0 Å². The van der Waals surface area contributed by atoms with E-state index >= 15 is 0 Å². The van der Waals surface area contributed by atoms with Crippen molar-refractivity contribution in [1.82, 2.24) is 10.4 Å². The zero-order valence-electron chi connectivity index (χ0n) is 9.98. The van der Waals surface area contributed by atoms with Crippen LogP contribution in [0.5, 0.6) is 0 Å². The molecule has 0 fully saturated rings. The summed E-state index contributed by atoms with van der Waals surface area (Å²) >= 11 is 0. The van der Waals surface area contributed by atoms with E-state index in [0.717, 1.165) is 0 Å². The van der Waals surface area contributed by atoms with Gasteiger partial charge in [-0.15, -0.1) is 0 Å². The average Bonchev–Trinajstić information content (AvgIpc) is 1.98. The summed E-state index contributed by atoms with van der Waals surface area (Å²) in [6, 6.07) is -1.44. The second-order valence-electron chi connectivity index (χ2n) is 4.47. The van der Waals surface area contributed by atoms with Crippen LogP contribution in [0.25, 0.3) is 0 Å². The van der Waals surface area contributed by atoms with Gasteiger partial charge in [-0.05, 0) is 27.7 Å². The second-order valence-corrected chi connectivity index (χ2v) is 4.47. The van der Waals surface area contributed by atoms with Crippen LogP contribution in [0.1, 0.15) is 27.7 Å². The molecule has 16 heavy (non-hydrogen) atoms. The van der Waals surface area contributed by atoms with Crippen LogP contribution in [0, 0.1) is 0 Å². The largest absolute Gasteiger partial charge is 0.444 e. The Morgan fingerprint density at radius 1 is 1.50 bits per heavy atom. The number of carbonyl (C=O) groups excluding carboxylic acids is 2. The Labute approximate surface area is 94.5 Å². The molecule has 0 aromatic heterocycles. The average molecular weight is 233 g/mol. The van der Waals surface area contributed by atoms with Gasteiger partial charge in [-0.3, -0.25) is 5.21 Å². The van der Waals surface area contributed by atoms with Gasteiger partial charge in [0.15, 0.2) is 0 Å². The highest BCUT2D eigenvalue weighted by Gasteiger charge is 2.19. The molecular formula is C9H19N3O4. The van der Waals surface area contributed by atoms with E-state index in [0.29, 0.717) is 5.06 Å². The van der Waals surface area contributed by atoms with Gasteiger partial charge in [-0.25, -0.2) is 14.7 Å². The van der Waals surface area contributed by atoms with E-state index in [4.69, 9.17) is 15.7 Å². The van der Waals surface area contributed by atoms with E-state index in [9.17, 15) is 9.59 Å². The number of amides is 3. The van der Waals surface area contributed by atoms with Crippen molar-refractivity contribution in [2.24, 2.45) is 5.73 Å². The molecule has 7 heteroatoms. The minimum atomic E-state index is -0.974. The fourth-order valence-corrected chi connectivity index (χ4v) is 0.904. The molecule has 3 amide bonds. The summed E-state index contributed by atoms with van der Waals surface area (Å²) in [5, 5.41) is 11.8. The summed E-state index contributed by atoms with van der Waals surface area (Å²) in [5.74, 6) is 0. The van der Waals surface area contributed by atoms with Crippen molar-refractivity contribution in [3.63, 3.8) is 0 Å². The molecule has 0 spiro atoms.